The first-order valence-corrected chi connectivity index (χ1v) is 7.37. The fourth-order valence-electron chi connectivity index (χ4n) is 2.36. The summed E-state index contributed by atoms with van der Waals surface area (Å²) < 4.78 is 5.04. The number of aryl methyl sites for hydroxylation is 1. The first-order chi connectivity index (χ1) is 12.3. The lowest BCUT2D eigenvalue weighted by atomic mass is 10.1. The molecule has 1 aliphatic heterocycles. The van der Waals surface area contributed by atoms with Crippen LogP contribution in [0, 0.1) is 27.2 Å². The number of carbonyl (C=O) groups is 1. The highest BCUT2D eigenvalue weighted by atomic mass is 16.6. The average Bonchev–Trinajstić information content (AvgIpc) is 2.97. The number of carbonyl (C=O) groups excluding carboxylic acids is 1. The molecule has 0 N–H and O–H groups in total. The molecule has 0 radical (unpaired) electrons. The molecular formula is C17H11N3O6. The number of rotatable bonds is 4. The minimum atomic E-state index is -0.766. The Hall–Kier alpha value is -3.88. The standard InChI is InChI=1S/C17H11N3O6/c1-10-4-2-3-5-11(10)8-15-17(21)26-16(18-15)12-6-13(19(22)23)9-14(7-12)20(24)25/h2-9H,1H3/b15-8-. The molecule has 2 aromatic rings. The highest BCUT2D eigenvalue weighted by Crippen LogP contribution is 2.26. The van der Waals surface area contributed by atoms with Gasteiger partial charge in [-0.2, -0.15) is 0 Å². The van der Waals surface area contributed by atoms with Crippen molar-refractivity contribution in [3.05, 3.63) is 85.1 Å². The molecule has 9 nitrogen and oxygen atoms in total. The van der Waals surface area contributed by atoms with Crippen molar-refractivity contribution in [1.82, 2.24) is 0 Å². The van der Waals surface area contributed by atoms with E-state index in [0.717, 1.165) is 29.3 Å². The summed E-state index contributed by atoms with van der Waals surface area (Å²) in [5.74, 6) is -0.959. The number of aliphatic imine (C=N–C) groups is 1. The molecule has 1 heterocycles. The van der Waals surface area contributed by atoms with Gasteiger partial charge in [-0.25, -0.2) is 9.79 Å². The zero-order valence-corrected chi connectivity index (χ0v) is 13.4. The number of nitro groups is 2. The summed E-state index contributed by atoms with van der Waals surface area (Å²) >= 11 is 0. The van der Waals surface area contributed by atoms with Gasteiger partial charge in [0, 0.05) is 12.1 Å². The zero-order valence-electron chi connectivity index (χ0n) is 13.4. The van der Waals surface area contributed by atoms with Gasteiger partial charge in [-0.3, -0.25) is 20.2 Å². The lowest BCUT2D eigenvalue weighted by Gasteiger charge is -2.00. The monoisotopic (exact) mass is 353 g/mol. The molecule has 2 aromatic carbocycles. The van der Waals surface area contributed by atoms with Gasteiger partial charge in [0.15, 0.2) is 5.70 Å². The molecule has 0 saturated carbocycles. The number of ether oxygens (including phenoxy) is 1. The summed E-state index contributed by atoms with van der Waals surface area (Å²) in [5, 5.41) is 21.9. The van der Waals surface area contributed by atoms with Crippen molar-refractivity contribution < 1.29 is 19.4 Å². The first kappa shape index (κ1) is 17.0. The van der Waals surface area contributed by atoms with E-state index in [4.69, 9.17) is 4.74 Å². The molecule has 0 bridgehead atoms. The normalized spacial score (nSPS) is 14.9. The number of benzene rings is 2. The largest absolute Gasteiger partial charge is 0.402 e. The van der Waals surface area contributed by atoms with Crippen molar-refractivity contribution in [1.29, 1.82) is 0 Å². The molecule has 0 aromatic heterocycles. The number of nitro benzene ring substituents is 2. The van der Waals surface area contributed by atoms with Gasteiger partial charge in [-0.15, -0.1) is 0 Å². The number of hydrogen-bond donors (Lipinski definition) is 0. The molecule has 0 spiro atoms. The Kier molecular flexibility index (Phi) is 4.27. The number of non-ortho nitro benzene ring substituents is 2. The second kappa shape index (κ2) is 6.55. The van der Waals surface area contributed by atoms with E-state index in [1.807, 2.05) is 19.1 Å². The van der Waals surface area contributed by atoms with Gasteiger partial charge in [0.25, 0.3) is 11.4 Å². The average molecular weight is 353 g/mol. The Labute approximate surface area is 146 Å². The molecule has 0 atom stereocenters. The third kappa shape index (κ3) is 3.31. The third-order valence-electron chi connectivity index (χ3n) is 3.67. The predicted octanol–water partition coefficient (Wildman–Crippen LogP) is 3.16. The Bertz CT molecular complexity index is 977. The molecule has 0 saturated heterocycles. The molecule has 130 valence electrons. The van der Waals surface area contributed by atoms with Crippen molar-refractivity contribution in [3.63, 3.8) is 0 Å². The topological polar surface area (TPSA) is 125 Å². The van der Waals surface area contributed by atoms with E-state index in [2.05, 4.69) is 4.99 Å². The van der Waals surface area contributed by atoms with Gasteiger partial charge in [-0.1, -0.05) is 24.3 Å². The fraction of sp³-hybridized carbons (Fsp3) is 0.0588. The van der Waals surface area contributed by atoms with Crippen LogP contribution in [0.2, 0.25) is 0 Å². The Morgan fingerprint density at radius 2 is 1.65 bits per heavy atom. The van der Waals surface area contributed by atoms with E-state index in [-0.39, 0.29) is 17.2 Å². The lowest BCUT2D eigenvalue weighted by Crippen LogP contribution is -2.06. The summed E-state index contributed by atoms with van der Waals surface area (Å²) in [4.78, 5) is 36.5. The summed E-state index contributed by atoms with van der Waals surface area (Å²) in [7, 11) is 0. The van der Waals surface area contributed by atoms with Crippen molar-refractivity contribution in [2.24, 2.45) is 4.99 Å². The van der Waals surface area contributed by atoms with E-state index in [1.54, 1.807) is 12.1 Å². The minimum absolute atomic E-state index is 0.00320. The van der Waals surface area contributed by atoms with Crippen molar-refractivity contribution in [3.8, 4) is 0 Å². The third-order valence-corrected chi connectivity index (χ3v) is 3.67. The van der Waals surface area contributed by atoms with Gasteiger partial charge in [0.05, 0.1) is 21.5 Å². The van der Waals surface area contributed by atoms with Gasteiger partial charge in [0.2, 0.25) is 5.90 Å². The molecule has 3 rings (SSSR count). The summed E-state index contributed by atoms with van der Waals surface area (Å²) in [6.45, 7) is 1.86. The van der Waals surface area contributed by atoms with Crippen LogP contribution in [0.1, 0.15) is 16.7 Å². The van der Waals surface area contributed by atoms with E-state index in [1.165, 1.54) is 6.08 Å². The molecule has 0 fully saturated rings. The Balaban J connectivity index is 2.05. The highest BCUT2D eigenvalue weighted by molar-refractivity contribution is 6.13. The second-order valence-electron chi connectivity index (χ2n) is 5.44. The van der Waals surface area contributed by atoms with E-state index in [9.17, 15) is 25.0 Å². The first-order valence-electron chi connectivity index (χ1n) is 7.37. The van der Waals surface area contributed by atoms with Gasteiger partial charge >= 0.3 is 5.97 Å². The Morgan fingerprint density at radius 1 is 1.04 bits per heavy atom. The number of esters is 1. The van der Waals surface area contributed by atoms with Crippen LogP contribution in [0.5, 0.6) is 0 Å². The van der Waals surface area contributed by atoms with Gasteiger partial charge < -0.3 is 4.74 Å². The van der Waals surface area contributed by atoms with Crippen LogP contribution in [0.15, 0.2) is 53.2 Å². The number of cyclic esters (lactones) is 1. The van der Waals surface area contributed by atoms with Crippen molar-refractivity contribution >= 4 is 29.3 Å². The number of nitrogens with zero attached hydrogens (tertiary/aromatic N) is 3. The molecule has 0 aliphatic carbocycles. The van der Waals surface area contributed by atoms with Crippen molar-refractivity contribution in [2.45, 2.75) is 6.92 Å². The predicted molar refractivity (Wildman–Crippen MR) is 91.5 cm³/mol. The van der Waals surface area contributed by atoms with Crippen LogP contribution >= 0.6 is 0 Å². The van der Waals surface area contributed by atoms with Crippen LogP contribution in [0.25, 0.3) is 6.08 Å². The fourth-order valence-corrected chi connectivity index (χ4v) is 2.36. The highest BCUT2D eigenvalue weighted by Gasteiger charge is 2.27. The van der Waals surface area contributed by atoms with Crippen molar-refractivity contribution in [2.75, 3.05) is 0 Å². The molecular weight excluding hydrogens is 342 g/mol. The SMILES string of the molecule is Cc1ccccc1/C=C1\N=C(c2cc([N+](=O)[O-])cc([N+](=O)[O-])c2)OC1=O. The van der Waals surface area contributed by atoms with Crippen LogP contribution in [0.3, 0.4) is 0 Å². The quantitative estimate of drug-likeness (QED) is 0.360. The summed E-state index contributed by atoms with van der Waals surface area (Å²) in [5.41, 5.74) is 0.668. The maximum atomic E-state index is 12.0. The van der Waals surface area contributed by atoms with E-state index in [0.29, 0.717) is 0 Å². The van der Waals surface area contributed by atoms with Gasteiger partial charge in [-0.05, 0) is 24.1 Å². The lowest BCUT2D eigenvalue weighted by molar-refractivity contribution is -0.394. The Morgan fingerprint density at radius 3 is 2.23 bits per heavy atom. The number of hydrogen-bond acceptors (Lipinski definition) is 7. The molecule has 0 unspecified atom stereocenters. The van der Waals surface area contributed by atoms with Gasteiger partial charge in [0.1, 0.15) is 0 Å². The smallest absolute Gasteiger partial charge is 0.363 e. The summed E-state index contributed by atoms with van der Waals surface area (Å²) in [6.07, 6.45) is 1.52. The van der Waals surface area contributed by atoms with Crippen LogP contribution in [0.4, 0.5) is 11.4 Å². The van der Waals surface area contributed by atoms with Crippen LogP contribution < -0.4 is 0 Å². The molecule has 26 heavy (non-hydrogen) atoms. The maximum absolute atomic E-state index is 12.0. The summed E-state index contributed by atoms with van der Waals surface area (Å²) in [6, 6.07) is 10.3. The van der Waals surface area contributed by atoms with Crippen LogP contribution in [-0.2, 0) is 9.53 Å². The minimum Gasteiger partial charge on any atom is -0.402 e. The molecule has 0 amide bonds. The second-order valence-corrected chi connectivity index (χ2v) is 5.44. The van der Waals surface area contributed by atoms with E-state index >= 15 is 0 Å². The maximum Gasteiger partial charge on any atom is 0.363 e. The van der Waals surface area contributed by atoms with E-state index < -0.39 is 27.2 Å². The van der Waals surface area contributed by atoms with Crippen LogP contribution in [-0.4, -0.2) is 21.7 Å². The molecule has 9 heteroatoms. The molecule has 1 aliphatic rings. The zero-order chi connectivity index (χ0) is 18.8.